The van der Waals surface area contributed by atoms with Gasteiger partial charge in [0.25, 0.3) is 0 Å². The van der Waals surface area contributed by atoms with E-state index in [2.05, 4.69) is 34.3 Å². The predicted octanol–water partition coefficient (Wildman–Crippen LogP) is 4.19. The minimum Gasteiger partial charge on any atom is -0.393 e. The van der Waals surface area contributed by atoms with Gasteiger partial charge in [-0.05, 0) is 87.9 Å². The van der Waals surface area contributed by atoms with Crippen molar-refractivity contribution in [2.45, 2.75) is 121 Å². The van der Waals surface area contributed by atoms with E-state index >= 15 is 0 Å². The highest BCUT2D eigenvalue weighted by atomic mass is 16.7. The Morgan fingerprint density at radius 2 is 1.82 bits per heavy atom. The van der Waals surface area contributed by atoms with Crippen molar-refractivity contribution in [1.29, 1.82) is 0 Å². The molecule has 4 saturated carbocycles. The third-order valence-corrected chi connectivity index (χ3v) is 11.9. The van der Waals surface area contributed by atoms with Gasteiger partial charge < -0.3 is 24.8 Å². The molecule has 6 rings (SSSR count). The average Bonchev–Trinajstić information content (AvgIpc) is 3.28. The van der Waals surface area contributed by atoms with Crippen molar-refractivity contribution in [3.63, 3.8) is 0 Å². The van der Waals surface area contributed by atoms with Gasteiger partial charge in [0.15, 0.2) is 6.29 Å². The molecule has 33 heavy (non-hydrogen) atoms. The third-order valence-electron chi connectivity index (χ3n) is 11.9. The van der Waals surface area contributed by atoms with Crippen molar-refractivity contribution in [2.24, 2.45) is 40.4 Å². The standard InChI is InChI=1S/C28H44O5/c1-15(2)16(3)6-10-26(5)21-14-19-23-27(21,24(32-19)33-26)11-8-20-25(4)9-7-18(29)12-17(25)13-22(30)28(20,23)31/h15,17-24,29-31H,3,6-14H2,1-2,4-5H3/t17-,18+,19+,20-,21-,22+,23-,24-,25+,26-,27+,28-/m1/s1. The zero-order valence-electron chi connectivity index (χ0n) is 20.9. The maximum atomic E-state index is 12.5. The summed E-state index contributed by atoms with van der Waals surface area (Å²) in [5.41, 5.74) is -0.351. The molecule has 12 atom stereocenters. The molecular formula is C28H44O5. The van der Waals surface area contributed by atoms with Crippen LogP contribution < -0.4 is 0 Å². The molecule has 2 bridgehead atoms. The predicted molar refractivity (Wildman–Crippen MR) is 125 cm³/mol. The maximum Gasteiger partial charge on any atom is 0.165 e. The summed E-state index contributed by atoms with van der Waals surface area (Å²) in [5.74, 6) is 1.10. The second kappa shape index (κ2) is 7.06. The highest BCUT2D eigenvalue weighted by Gasteiger charge is 2.82. The normalized spacial score (nSPS) is 58.8. The number of fused-ring (bicyclic) bond motifs is 3. The van der Waals surface area contributed by atoms with E-state index in [4.69, 9.17) is 9.47 Å². The Kier molecular flexibility index (Phi) is 4.92. The summed E-state index contributed by atoms with van der Waals surface area (Å²) in [4.78, 5) is 0. The van der Waals surface area contributed by atoms with Crippen LogP contribution in [0.5, 0.6) is 0 Å². The van der Waals surface area contributed by atoms with Crippen LogP contribution in [-0.4, -0.2) is 51.1 Å². The number of hydrogen-bond acceptors (Lipinski definition) is 5. The first-order chi connectivity index (χ1) is 15.5. The quantitative estimate of drug-likeness (QED) is 0.549. The SMILES string of the molecule is C=C(CC[C@@]1(C)O[C@H]2O[C@H]3C[C@H]1[C@]21CC[C@@H]2[C@@]4(C)CC[C@H](O)C[C@@H]4C[C@H](O)[C@@]2(O)[C@H]31)C(C)C. The fraction of sp³-hybridized carbons (Fsp3) is 0.929. The molecule has 6 aliphatic rings. The molecule has 0 unspecified atom stereocenters. The van der Waals surface area contributed by atoms with Crippen LogP contribution in [0, 0.1) is 40.4 Å². The number of ether oxygens (including phenoxy) is 2. The van der Waals surface area contributed by atoms with E-state index in [9.17, 15) is 15.3 Å². The molecule has 0 aromatic rings. The molecule has 5 heteroatoms. The van der Waals surface area contributed by atoms with Gasteiger partial charge in [0, 0.05) is 17.3 Å². The second-order valence-corrected chi connectivity index (χ2v) is 13.5. The van der Waals surface area contributed by atoms with Gasteiger partial charge in [-0.2, -0.15) is 0 Å². The number of aliphatic hydroxyl groups excluding tert-OH is 2. The number of hydrogen-bond donors (Lipinski definition) is 3. The Morgan fingerprint density at radius 3 is 2.55 bits per heavy atom. The summed E-state index contributed by atoms with van der Waals surface area (Å²) >= 11 is 0. The van der Waals surface area contributed by atoms with Crippen molar-refractivity contribution in [3.8, 4) is 0 Å². The molecule has 2 saturated heterocycles. The van der Waals surface area contributed by atoms with E-state index in [-0.39, 0.29) is 52.7 Å². The molecule has 2 aliphatic heterocycles. The van der Waals surface area contributed by atoms with E-state index < -0.39 is 11.7 Å². The van der Waals surface area contributed by atoms with Crippen molar-refractivity contribution < 1.29 is 24.8 Å². The molecule has 6 fully saturated rings. The largest absolute Gasteiger partial charge is 0.393 e. The smallest absolute Gasteiger partial charge is 0.165 e. The van der Waals surface area contributed by atoms with Crippen LogP contribution in [0.15, 0.2) is 12.2 Å². The van der Waals surface area contributed by atoms with E-state index in [0.717, 1.165) is 51.4 Å². The number of allylic oxidation sites excluding steroid dienone is 1. The molecule has 0 amide bonds. The van der Waals surface area contributed by atoms with Gasteiger partial charge >= 0.3 is 0 Å². The van der Waals surface area contributed by atoms with E-state index in [1.807, 2.05) is 0 Å². The summed E-state index contributed by atoms with van der Waals surface area (Å²) < 4.78 is 13.3. The summed E-state index contributed by atoms with van der Waals surface area (Å²) in [6.07, 6.45) is 6.49. The van der Waals surface area contributed by atoms with Gasteiger partial charge in [-0.3, -0.25) is 0 Å². The lowest BCUT2D eigenvalue weighted by molar-refractivity contribution is -0.269. The molecule has 3 N–H and O–H groups in total. The Morgan fingerprint density at radius 1 is 1.06 bits per heavy atom. The van der Waals surface area contributed by atoms with E-state index in [0.29, 0.717) is 18.3 Å². The van der Waals surface area contributed by atoms with Crippen LogP contribution in [0.25, 0.3) is 0 Å². The maximum absolute atomic E-state index is 12.5. The summed E-state index contributed by atoms with van der Waals surface area (Å²) in [6, 6.07) is 0. The molecule has 0 radical (unpaired) electrons. The molecule has 186 valence electrons. The Bertz CT molecular complexity index is 842. The summed E-state index contributed by atoms with van der Waals surface area (Å²) in [7, 11) is 0. The molecule has 0 aromatic heterocycles. The highest BCUT2D eigenvalue weighted by molar-refractivity contribution is 5.28. The zero-order chi connectivity index (χ0) is 23.6. The van der Waals surface area contributed by atoms with E-state index in [1.165, 1.54) is 5.57 Å². The van der Waals surface area contributed by atoms with Gasteiger partial charge in [0.1, 0.15) is 0 Å². The molecule has 1 spiro atoms. The number of rotatable bonds is 4. The van der Waals surface area contributed by atoms with Crippen LogP contribution in [0.3, 0.4) is 0 Å². The fourth-order valence-electron chi connectivity index (χ4n) is 10.1. The Labute approximate surface area is 198 Å². The van der Waals surface area contributed by atoms with Gasteiger partial charge in [0.05, 0.1) is 29.5 Å². The van der Waals surface area contributed by atoms with Crippen LogP contribution in [0.4, 0.5) is 0 Å². The lowest BCUT2D eigenvalue weighted by Crippen LogP contribution is -2.70. The highest BCUT2D eigenvalue weighted by Crippen LogP contribution is 2.77. The van der Waals surface area contributed by atoms with Gasteiger partial charge in [-0.25, -0.2) is 0 Å². The zero-order valence-corrected chi connectivity index (χ0v) is 20.9. The topological polar surface area (TPSA) is 79.2 Å². The molecule has 2 heterocycles. The monoisotopic (exact) mass is 460 g/mol. The first-order valence-corrected chi connectivity index (χ1v) is 13.6. The average molecular weight is 461 g/mol. The van der Waals surface area contributed by atoms with Crippen LogP contribution in [-0.2, 0) is 9.47 Å². The van der Waals surface area contributed by atoms with Crippen LogP contribution >= 0.6 is 0 Å². The van der Waals surface area contributed by atoms with Gasteiger partial charge in [0.2, 0.25) is 0 Å². The van der Waals surface area contributed by atoms with Gasteiger partial charge in [-0.1, -0.05) is 32.9 Å². The summed E-state index contributed by atoms with van der Waals surface area (Å²) in [5, 5.41) is 34.4. The van der Waals surface area contributed by atoms with Crippen molar-refractivity contribution in [2.75, 3.05) is 0 Å². The van der Waals surface area contributed by atoms with Crippen molar-refractivity contribution in [3.05, 3.63) is 12.2 Å². The molecule has 0 aromatic carbocycles. The first-order valence-electron chi connectivity index (χ1n) is 13.6. The first kappa shape index (κ1) is 23.0. The van der Waals surface area contributed by atoms with Crippen LogP contribution in [0.1, 0.15) is 85.5 Å². The van der Waals surface area contributed by atoms with Gasteiger partial charge in [-0.15, -0.1) is 0 Å². The van der Waals surface area contributed by atoms with Crippen molar-refractivity contribution in [1.82, 2.24) is 0 Å². The van der Waals surface area contributed by atoms with Crippen LogP contribution in [0.2, 0.25) is 0 Å². The molecule has 4 aliphatic carbocycles. The molecule has 5 nitrogen and oxygen atoms in total. The van der Waals surface area contributed by atoms with Crippen molar-refractivity contribution >= 4 is 0 Å². The number of aliphatic hydroxyl groups is 3. The lowest BCUT2D eigenvalue weighted by atomic mass is 9.42. The minimum atomic E-state index is -1.13. The minimum absolute atomic E-state index is 0.0327. The molecular weight excluding hydrogens is 416 g/mol. The lowest BCUT2D eigenvalue weighted by Gasteiger charge is -2.65. The Hall–Kier alpha value is -0.460. The third kappa shape index (κ3) is 2.72. The fourth-order valence-corrected chi connectivity index (χ4v) is 10.1. The summed E-state index contributed by atoms with van der Waals surface area (Å²) in [6.45, 7) is 13.3. The second-order valence-electron chi connectivity index (χ2n) is 13.5. The van der Waals surface area contributed by atoms with E-state index in [1.54, 1.807) is 0 Å². The Balaban J connectivity index is 1.34.